The van der Waals surface area contributed by atoms with E-state index in [1.54, 1.807) is 11.3 Å². The molecular weight excluding hydrogens is 240 g/mol. The van der Waals surface area contributed by atoms with E-state index in [1.165, 1.54) is 11.8 Å². The van der Waals surface area contributed by atoms with Crippen LogP contribution in [0.1, 0.15) is 11.8 Å². The third kappa shape index (κ3) is 3.36. The number of ether oxygens (including phenoxy) is 1. The molecule has 0 saturated heterocycles. The molecule has 0 amide bonds. The van der Waals surface area contributed by atoms with Gasteiger partial charge in [-0.3, -0.25) is 4.79 Å². The number of rotatable bonds is 3. The molecule has 1 aromatic rings. The van der Waals surface area contributed by atoms with Gasteiger partial charge in [-0.1, -0.05) is 0 Å². The highest BCUT2D eigenvalue weighted by molar-refractivity contribution is 9.11. The molecule has 0 aliphatic carbocycles. The summed E-state index contributed by atoms with van der Waals surface area (Å²) in [7, 11) is 0. The molecule has 0 aromatic carbocycles. The maximum Gasteiger partial charge on any atom is 0.302 e. The van der Waals surface area contributed by atoms with Crippen molar-refractivity contribution in [1.29, 1.82) is 0 Å². The summed E-state index contributed by atoms with van der Waals surface area (Å²) in [5.41, 5.74) is 0. The maximum absolute atomic E-state index is 10.4. The van der Waals surface area contributed by atoms with Crippen LogP contribution in [0, 0.1) is 0 Å². The van der Waals surface area contributed by atoms with Crippen molar-refractivity contribution in [3.05, 3.63) is 20.8 Å². The average Bonchev–Trinajstić information content (AvgIpc) is 2.35. The summed E-state index contributed by atoms with van der Waals surface area (Å²) in [5, 5.41) is 0. The number of carbonyl (C=O) groups is 1. The molecule has 0 fully saturated rings. The van der Waals surface area contributed by atoms with Crippen LogP contribution in [0.5, 0.6) is 0 Å². The minimum absolute atomic E-state index is 0.217. The molecule has 0 N–H and O–H groups in total. The minimum Gasteiger partial charge on any atom is -0.465 e. The standard InChI is InChI=1S/C8H9BrO2S/c1-6(10)11-5-4-7-2-3-8(9)12-7/h2-3H,4-5H2,1H3. The lowest BCUT2D eigenvalue weighted by Crippen LogP contribution is -2.01. The van der Waals surface area contributed by atoms with Gasteiger partial charge in [-0.2, -0.15) is 0 Å². The molecule has 1 rings (SSSR count). The molecule has 4 heteroatoms. The summed E-state index contributed by atoms with van der Waals surface area (Å²) in [5.74, 6) is -0.217. The van der Waals surface area contributed by atoms with Gasteiger partial charge in [-0.15, -0.1) is 11.3 Å². The van der Waals surface area contributed by atoms with Crippen molar-refractivity contribution in [3.63, 3.8) is 0 Å². The van der Waals surface area contributed by atoms with Gasteiger partial charge in [-0.05, 0) is 28.1 Å². The number of carbonyl (C=O) groups excluding carboxylic acids is 1. The van der Waals surface area contributed by atoms with Gasteiger partial charge in [0.05, 0.1) is 10.4 Å². The Morgan fingerprint density at radius 1 is 1.67 bits per heavy atom. The van der Waals surface area contributed by atoms with Crippen LogP contribution in [0.3, 0.4) is 0 Å². The van der Waals surface area contributed by atoms with Crippen molar-refractivity contribution in [1.82, 2.24) is 0 Å². The highest BCUT2D eigenvalue weighted by Crippen LogP contribution is 2.22. The molecular formula is C8H9BrO2S. The third-order valence-electron chi connectivity index (χ3n) is 1.28. The number of esters is 1. The Balaban J connectivity index is 2.29. The van der Waals surface area contributed by atoms with Crippen LogP contribution in [-0.2, 0) is 16.0 Å². The van der Waals surface area contributed by atoms with Crippen LogP contribution in [0.25, 0.3) is 0 Å². The molecule has 1 heterocycles. The lowest BCUT2D eigenvalue weighted by Gasteiger charge is -1.98. The second-order valence-electron chi connectivity index (χ2n) is 2.30. The summed E-state index contributed by atoms with van der Waals surface area (Å²) in [6.45, 7) is 1.90. The number of thiophene rings is 1. The minimum atomic E-state index is -0.217. The zero-order valence-electron chi connectivity index (χ0n) is 6.67. The zero-order chi connectivity index (χ0) is 8.97. The lowest BCUT2D eigenvalue weighted by molar-refractivity contribution is -0.140. The van der Waals surface area contributed by atoms with Crippen LogP contribution < -0.4 is 0 Å². The quantitative estimate of drug-likeness (QED) is 0.769. The fourth-order valence-corrected chi connectivity index (χ4v) is 2.25. The third-order valence-corrected chi connectivity index (χ3v) is 2.97. The van der Waals surface area contributed by atoms with E-state index in [4.69, 9.17) is 4.74 Å². The van der Waals surface area contributed by atoms with E-state index in [1.807, 2.05) is 12.1 Å². The lowest BCUT2D eigenvalue weighted by atomic mass is 10.4. The fraction of sp³-hybridized carbons (Fsp3) is 0.375. The van der Waals surface area contributed by atoms with Crippen LogP contribution >= 0.6 is 27.3 Å². The summed E-state index contributed by atoms with van der Waals surface area (Å²) >= 11 is 5.03. The van der Waals surface area contributed by atoms with E-state index in [0.29, 0.717) is 6.61 Å². The topological polar surface area (TPSA) is 26.3 Å². The van der Waals surface area contributed by atoms with Gasteiger partial charge in [0.2, 0.25) is 0 Å². The van der Waals surface area contributed by atoms with Crippen molar-refractivity contribution in [2.24, 2.45) is 0 Å². The Morgan fingerprint density at radius 2 is 2.42 bits per heavy atom. The summed E-state index contributed by atoms with van der Waals surface area (Å²) < 4.78 is 5.92. The molecule has 0 atom stereocenters. The fourth-order valence-electron chi connectivity index (χ4n) is 0.781. The summed E-state index contributed by atoms with van der Waals surface area (Å²) in [6, 6.07) is 4.02. The second-order valence-corrected chi connectivity index (χ2v) is 4.84. The predicted molar refractivity (Wildman–Crippen MR) is 52.4 cm³/mol. The molecule has 12 heavy (non-hydrogen) atoms. The predicted octanol–water partition coefficient (Wildman–Crippen LogP) is 2.62. The second kappa shape index (κ2) is 4.62. The Hall–Kier alpha value is -0.350. The summed E-state index contributed by atoms with van der Waals surface area (Å²) in [6.07, 6.45) is 0.801. The monoisotopic (exact) mass is 248 g/mol. The van der Waals surface area contributed by atoms with Crippen molar-refractivity contribution >= 4 is 33.2 Å². The maximum atomic E-state index is 10.4. The molecule has 0 radical (unpaired) electrons. The number of halogens is 1. The number of hydrogen-bond donors (Lipinski definition) is 0. The molecule has 2 nitrogen and oxygen atoms in total. The molecule has 0 saturated carbocycles. The van der Waals surface area contributed by atoms with Gasteiger partial charge >= 0.3 is 5.97 Å². The van der Waals surface area contributed by atoms with Crippen molar-refractivity contribution in [2.75, 3.05) is 6.61 Å². The first-order valence-electron chi connectivity index (χ1n) is 3.56. The largest absolute Gasteiger partial charge is 0.465 e. The van der Waals surface area contributed by atoms with Crippen LogP contribution in [0.15, 0.2) is 15.9 Å². The first kappa shape index (κ1) is 9.74. The van der Waals surface area contributed by atoms with Crippen LogP contribution in [0.2, 0.25) is 0 Å². The van der Waals surface area contributed by atoms with E-state index < -0.39 is 0 Å². The van der Waals surface area contributed by atoms with Gasteiger partial charge in [0.25, 0.3) is 0 Å². The van der Waals surface area contributed by atoms with E-state index >= 15 is 0 Å². The van der Waals surface area contributed by atoms with E-state index in [9.17, 15) is 4.79 Å². The summed E-state index contributed by atoms with van der Waals surface area (Å²) in [4.78, 5) is 11.6. The molecule has 66 valence electrons. The van der Waals surface area contributed by atoms with Gasteiger partial charge in [-0.25, -0.2) is 0 Å². The van der Waals surface area contributed by atoms with Crippen molar-refractivity contribution in [2.45, 2.75) is 13.3 Å². The first-order valence-corrected chi connectivity index (χ1v) is 5.17. The van der Waals surface area contributed by atoms with Crippen molar-refractivity contribution in [3.8, 4) is 0 Å². The Kier molecular flexibility index (Phi) is 3.75. The number of hydrogen-bond acceptors (Lipinski definition) is 3. The van der Waals surface area contributed by atoms with Gasteiger partial charge < -0.3 is 4.74 Å². The molecule has 0 spiro atoms. The average molecular weight is 249 g/mol. The molecule has 0 bridgehead atoms. The van der Waals surface area contributed by atoms with Gasteiger partial charge in [0.15, 0.2) is 0 Å². The Labute approximate surface area is 83.7 Å². The van der Waals surface area contributed by atoms with E-state index in [-0.39, 0.29) is 5.97 Å². The van der Waals surface area contributed by atoms with E-state index in [2.05, 4.69) is 15.9 Å². The SMILES string of the molecule is CC(=O)OCCc1ccc(Br)s1. The smallest absolute Gasteiger partial charge is 0.302 e. The van der Waals surface area contributed by atoms with E-state index in [0.717, 1.165) is 10.2 Å². The first-order chi connectivity index (χ1) is 5.68. The molecule has 0 unspecified atom stereocenters. The zero-order valence-corrected chi connectivity index (χ0v) is 9.07. The highest BCUT2D eigenvalue weighted by atomic mass is 79.9. The van der Waals surface area contributed by atoms with Gasteiger partial charge in [0, 0.05) is 18.2 Å². The Morgan fingerprint density at radius 3 is 2.92 bits per heavy atom. The molecule has 0 aliphatic heterocycles. The molecule has 0 aliphatic rings. The Bertz CT molecular complexity index is 270. The highest BCUT2D eigenvalue weighted by Gasteiger charge is 1.98. The molecule has 1 aromatic heterocycles. The van der Waals surface area contributed by atoms with Crippen LogP contribution in [0.4, 0.5) is 0 Å². The van der Waals surface area contributed by atoms with Crippen LogP contribution in [-0.4, -0.2) is 12.6 Å². The van der Waals surface area contributed by atoms with Gasteiger partial charge in [0.1, 0.15) is 0 Å². The van der Waals surface area contributed by atoms with Crippen molar-refractivity contribution < 1.29 is 9.53 Å². The normalized spacial score (nSPS) is 9.83.